The lowest BCUT2D eigenvalue weighted by atomic mass is 9.93. The third-order valence-electron chi connectivity index (χ3n) is 8.95. The minimum absolute atomic E-state index is 0.0353. The Morgan fingerprint density at radius 1 is 0.717 bits per heavy atom. The van der Waals surface area contributed by atoms with E-state index in [9.17, 15) is 18.0 Å². The fraction of sp³-hybridized carbons (Fsp3) is 0.300. The average Bonchev–Trinajstić information content (AvgIpc) is 3.71. The predicted molar refractivity (Wildman–Crippen MR) is 206 cm³/mol. The van der Waals surface area contributed by atoms with Crippen LogP contribution in [0.5, 0.6) is 0 Å². The molecular formula is C40H43ClN4O7S. The summed E-state index contributed by atoms with van der Waals surface area (Å²) in [5, 5.41) is 7.01. The van der Waals surface area contributed by atoms with Crippen LogP contribution in [0, 0.1) is 0 Å². The molecule has 0 saturated carbocycles. The summed E-state index contributed by atoms with van der Waals surface area (Å²) in [6.07, 6.45) is 3.31. The highest BCUT2D eigenvalue weighted by Gasteiger charge is 2.29. The third kappa shape index (κ3) is 9.83. The number of aromatic nitrogens is 1. The van der Waals surface area contributed by atoms with Crippen molar-refractivity contribution < 1.29 is 32.2 Å². The first-order chi connectivity index (χ1) is 25.8. The minimum atomic E-state index is -3.97. The third-order valence-corrected chi connectivity index (χ3v) is 10.6. The summed E-state index contributed by atoms with van der Waals surface area (Å²) in [4.78, 5) is 28.4. The van der Waals surface area contributed by atoms with E-state index in [2.05, 4.69) is 44.6 Å². The Morgan fingerprint density at radius 2 is 1.32 bits per heavy atom. The lowest BCUT2D eigenvalue weighted by molar-refractivity contribution is -0.121. The van der Waals surface area contributed by atoms with Gasteiger partial charge in [0.1, 0.15) is 0 Å². The van der Waals surface area contributed by atoms with Crippen molar-refractivity contribution in [1.82, 2.24) is 15.6 Å². The van der Waals surface area contributed by atoms with Gasteiger partial charge < -0.3 is 29.8 Å². The van der Waals surface area contributed by atoms with Crippen LogP contribution in [0.4, 0.5) is 5.69 Å². The molecule has 0 spiro atoms. The molecule has 13 heteroatoms. The Bertz CT molecular complexity index is 2090. The van der Waals surface area contributed by atoms with Gasteiger partial charge in [-0.1, -0.05) is 78.3 Å². The normalized spacial score (nSPS) is 12.4. The van der Waals surface area contributed by atoms with E-state index in [1.54, 1.807) is 30.5 Å². The van der Waals surface area contributed by atoms with E-state index in [4.69, 9.17) is 25.8 Å². The number of carbonyl (C=O) groups excluding carboxylic acids is 2. The van der Waals surface area contributed by atoms with Crippen molar-refractivity contribution in [3.8, 4) is 11.1 Å². The van der Waals surface area contributed by atoms with Crippen LogP contribution in [0.1, 0.15) is 46.7 Å². The van der Waals surface area contributed by atoms with Gasteiger partial charge in [0, 0.05) is 55.8 Å². The van der Waals surface area contributed by atoms with Gasteiger partial charge in [0.25, 0.3) is 15.9 Å². The number of anilines is 1. The molecule has 0 saturated heterocycles. The Hall–Kier alpha value is -4.72. The summed E-state index contributed by atoms with van der Waals surface area (Å²) >= 11 is 6.16. The summed E-state index contributed by atoms with van der Waals surface area (Å²) in [5.41, 5.74) is 6.00. The fourth-order valence-corrected chi connectivity index (χ4v) is 7.70. The highest BCUT2D eigenvalue weighted by atomic mass is 35.5. The molecule has 53 heavy (non-hydrogen) atoms. The molecule has 0 radical (unpaired) electrons. The molecule has 5 aromatic rings. The van der Waals surface area contributed by atoms with Crippen molar-refractivity contribution in [2.75, 3.05) is 57.5 Å². The summed E-state index contributed by atoms with van der Waals surface area (Å²) < 4.78 is 45.6. The van der Waals surface area contributed by atoms with Gasteiger partial charge in [-0.05, 0) is 59.4 Å². The van der Waals surface area contributed by atoms with Crippen LogP contribution >= 0.6 is 11.6 Å². The molecule has 1 aliphatic carbocycles. The smallest absolute Gasteiger partial charge is 0.261 e. The molecule has 11 nitrogen and oxygen atoms in total. The number of aromatic amines is 1. The maximum Gasteiger partial charge on any atom is 0.261 e. The van der Waals surface area contributed by atoms with E-state index in [1.165, 1.54) is 40.5 Å². The Kier molecular flexibility index (Phi) is 13.2. The molecule has 1 heterocycles. The van der Waals surface area contributed by atoms with Gasteiger partial charge in [0.05, 0.1) is 47.5 Å². The molecule has 278 valence electrons. The number of sulfonamides is 1. The van der Waals surface area contributed by atoms with Crippen LogP contribution in [0.15, 0.2) is 102 Å². The number of ether oxygens (including phenoxy) is 3. The number of benzene rings is 4. The molecule has 4 N–H and O–H groups in total. The second-order valence-corrected chi connectivity index (χ2v) is 14.7. The molecule has 0 fully saturated rings. The van der Waals surface area contributed by atoms with Gasteiger partial charge in [-0.25, -0.2) is 8.42 Å². The maximum atomic E-state index is 13.1. The SMILES string of the molecule is O=C(CC1c2ccccc2-c2ccccc21)NCCCOCCOCCOCCCNC(=O)c1cccc(S(=O)(=O)Nc2cccc3c(Cl)c[nH]c23)c1. The molecule has 0 bridgehead atoms. The number of nitrogens with one attached hydrogen (secondary N) is 4. The van der Waals surface area contributed by atoms with Gasteiger partial charge in [-0.3, -0.25) is 14.3 Å². The quantitative estimate of drug-likeness (QED) is 0.0663. The number of hydrogen-bond donors (Lipinski definition) is 4. The van der Waals surface area contributed by atoms with Crippen molar-refractivity contribution in [3.63, 3.8) is 0 Å². The van der Waals surface area contributed by atoms with Crippen molar-refractivity contribution >= 4 is 50.0 Å². The van der Waals surface area contributed by atoms with Crippen LogP contribution in [-0.2, 0) is 29.0 Å². The molecule has 4 aromatic carbocycles. The second kappa shape index (κ2) is 18.4. The van der Waals surface area contributed by atoms with E-state index >= 15 is 0 Å². The lowest BCUT2D eigenvalue weighted by Gasteiger charge is -2.13. The Labute approximate surface area is 314 Å². The molecular weight excluding hydrogens is 716 g/mol. The molecule has 0 atom stereocenters. The highest BCUT2D eigenvalue weighted by molar-refractivity contribution is 7.92. The number of fused-ring (bicyclic) bond motifs is 4. The van der Waals surface area contributed by atoms with Crippen LogP contribution in [0.2, 0.25) is 5.02 Å². The molecule has 1 aliphatic rings. The predicted octanol–water partition coefficient (Wildman–Crippen LogP) is 6.50. The fourth-order valence-electron chi connectivity index (χ4n) is 6.37. The summed E-state index contributed by atoms with van der Waals surface area (Å²) in [6.45, 7) is 3.58. The van der Waals surface area contributed by atoms with Gasteiger partial charge in [-0.15, -0.1) is 0 Å². The van der Waals surface area contributed by atoms with E-state index in [0.717, 1.165) is 0 Å². The topological polar surface area (TPSA) is 148 Å². The number of rotatable bonds is 20. The standard InChI is InChI=1S/C40H43ClN4O7S/c41-36-27-44-39-34(36)15-6-16-37(39)45-53(48,49)29-10-5-9-28(25-29)40(47)43-18-8-20-51-22-24-52-23-21-50-19-7-17-42-38(46)26-35-32-13-3-1-11-30(32)31-12-2-4-14-33(31)35/h1-6,9-16,25,27,35,44-45H,7-8,17-24,26H2,(H,42,46)(H,43,47). The monoisotopic (exact) mass is 758 g/mol. The first-order valence-corrected chi connectivity index (χ1v) is 19.5. The number of H-pyrrole nitrogens is 1. The van der Waals surface area contributed by atoms with Crippen LogP contribution < -0.4 is 15.4 Å². The first kappa shape index (κ1) is 38.0. The molecule has 1 aromatic heterocycles. The summed E-state index contributed by atoms with van der Waals surface area (Å²) in [6, 6.07) is 27.6. The molecule has 0 aliphatic heterocycles. The molecule has 6 rings (SSSR count). The second-order valence-electron chi connectivity index (χ2n) is 12.6. The zero-order valence-electron chi connectivity index (χ0n) is 29.2. The van der Waals surface area contributed by atoms with Gasteiger partial charge in [-0.2, -0.15) is 0 Å². The Balaban J connectivity index is 0.775. The van der Waals surface area contributed by atoms with Gasteiger partial charge >= 0.3 is 0 Å². The summed E-state index contributed by atoms with van der Waals surface area (Å²) in [5.74, 6) is -0.271. The number of hydrogen-bond acceptors (Lipinski definition) is 7. The van der Waals surface area contributed by atoms with Crippen LogP contribution in [0.25, 0.3) is 22.0 Å². The zero-order valence-corrected chi connectivity index (χ0v) is 30.8. The largest absolute Gasteiger partial charge is 0.379 e. The number of carbonyl (C=O) groups is 2. The highest BCUT2D eigenvalue weighted by Crippen LogP contribution is 2.46. The van der Waals surface area contributed by atoms with Crippen molar-refractivity contribution in [3.05, 3.63) is 119 Å². The number of amides is 2. The molecule has 0 unspecified atom stereocenters. The number of para-hydroxylation sites is 1. The van der Waals surface area contributed by atoms with Crippen molar-refractivity contribution in [2.45, 2.75) is 30.1 Å². The lowest BCUT2D eigenvalue weighted by Crippen LogP contribution is -2.26. The average molecular weight is 759 g/mol. The Morgan fingerprint density at radius 3 is 2.00 bits per heavy atom. The van der Waals surface area contributed by atoms with E-state index in [0.29, 0.717) is 93.6 Å². The zero-order chi connectivity index (χ0) is 37.0. The minimum Gasteiger partial charge on any atom is -0.379 e. The number of halogens is 1. The van der Waals surface area contributed by atoms with E-state index in [1.807, 2.05) is 24.3 Å². The molecule has 2 amide bonds. The maximum absolute atomic E-state index is 13.1. The van der Waals surface area contributed by atoms with Gasteiger partial charge in [0.15, 0.2) is 0 Å². The van der Waals surface area contributed by atoms with Crippen molar-refractivity contribution in [2.24, 2.45) is 0 Å². The van der Waals surface area contributed by atoms with Crippen LogP contribution in [-0.4, -0.2) is 77.9 Å². The first-order valence-electron chi connectivity index (χ1n) is 17.7. The van der Waals surface area contributed by atoms with E-state index < -0.39 is 10.0 Å². The van der Waals surface area contributed by atoms with Gasteiger partial charge in [0.2, 0.25) is 5.91 Å². The van der Waals surface area contributed by atoms with E-state index in [-0.39, 0.29) is 28.2 Å². The van der Waals surface area contributed by atoms with Crippen molar-refractivity contribution in [1.29, 1.82) is 0 Å². The summed E-state index contributed by atoms with van der Waals surface area (Å²) in [7, 11) is -3.97. The van der Waals surface area contributed by atoms with Crippen LogP contribution in [0.3, 0.4) is 0 Å².